The van der Waals surface area contributed by atoms with E-state index in [1.54, 1.807) is 0 Å². The summed E-state index contributed by atoms with van der Waals surface area (Å²) in [5.74, 6) is -0.981. The first-order chi connectivity index (χ1) is 2.27. The molecule has 0 aliphatic rings. The van der Waals surface area contributed by atoms with Crippen LogP contribution < -0.4 is 0 Å². The maximum absolute atomic E-state index is 9.25. The van der Waals surface area contributed by atoms with Crippen molar-refractivity contribution in [3.05, 3.63) is 12.7 Å². The van der Waals surface area contributed by atoms with Crippen LogP contribution in [0.15, 0.2) is 12.7 Å². The Balaban J connectivity index is 0. The lowest BCUT2D eigenvalue weighted by Crippen LogP contribution is -1.82. The molecule has 0 unspecified atom stereocenters. The third kappa shape index (κ3) is 3.21. The summed E-state index contributed by atoms with van der Waals surface area (Å²) in [4.78, 5) is 9.25. The molecule has 0 aromatic heterocycles. The Morgan fingerprint density at radius 3 is 2.40 bits per heavy atom. The SMILES string of the molecule is C=CC(=O)O.[H+]. The van der Waals surface area contributed by atoms with Gasteiger partial charge in [-0.15, -0.1) is 0 Å². The Labute approximate surface area is 31.2 Å². The van der Waals surface area contributed by atoms with Gasteiger partial charge in [0.2, 0.25) is 0 Å². The zero-order valence-corrected chi connectivity index (χ0v) is 2.64. The molecule has 2 heteroatoms. The standard InChI is InChI=1S/C3H4O2/c1-2-3(4)5/h2H,1H2,(H,4,5)/p+1. The molecule has 0 fully saturated rings. The summed E-state index contributed by atoms with van der Waals surface area (Å²) in [5.41, 5.74) is 0. The molecule has 0 heterocycles. The molecule has 0 radical (unpaired) electrons. The zero-order valence-electron chi connectivity index (χ0n) is 3.64. The van der Waals surface area contributed by atoms with Crippen molar-refractivity contribution in [2.45, 2.75) is 0 Å². The fourth-order valence-electron chi connectivity index (χ4n) is 0. The first-order valence-electron chi connectivity index (χ1n) is 1.12. The highest BCUT2D eigenvalue weighted by Crippen LogP contribution is 1.54. The molecule has 28 valence electrons. The van der Waals surface area contributed by atoms with E-state index < -0.39 is 5.97 Å². The van der Waals surface area contributed by atoms with Gasteiger partial charge in [0.05, 0.1) is 0 Å². The van der Waals surface area contributed by atoms with Crippen LogP contribution in [0.4, 0.5) is 0 Å². The van der Waals surface area contributed by atoms with Gasteiger partial charge in [0.1, 0.15) is 0 Å². The van der Waals surface area contributed by atoms with Crippen LogP contribution in [0.2, 0.25) is 0 Å². The Hall–Kier alpha value is -0.790. The fourth-order valence-corrected chi connectivity index (χ4v) is 0. The van der Waals surface area contributed by atoms with E-state index in [0.29, 0.717) is 0 Å². The summed E-state index contributed by atoms with van der Waals surface area (Å²) in [6.45, 7) is 2.96. The first kappa shape index (κ1) is 4.21. The molecule has 0 aromatic rings. The van der Waals surface area contributed by atoms with E-state index in [9.17, 15) is 4.79 Å². The van der Waals surface area contributed by atoms with E-state index in [1.807, 2.05) is 0 Å². The number of carboxylic acids is 1. The van der Waals surface area contributed by atoms with Gasteiger partial charge in [0, 0.05) is 6.08 Å². The molecule has 0 saturated heterocycles. The van der Waals surface area contributed by atoms with Gasteiger partial charge in [-0.3, -0.25) is 0 Å². The third-order valence-corrected chi connectivity index (χ3v) is 0.175. The lowest BCUT2D eigenvalue weighted by Gasteiger charge is -1.64. The number of rotatable bonds is 1. The Kier molecular flexibility index (Phi) is 1.28. The highest BCUT2D eigenvalue weighted by atomic mass is 16.4. The number of hydrogen-bond donors (Lipinski definition) is 1. The topological polar surface area (TPSA) is 37.3 Å². The van der Waals surface area contributed by atoms with Crippen LogP contribution in [0, 0.1) is 0 Å². The first-order valence-corrected chi connectivity index (χ1v) is 1.12. The van der Waals surface area contributed by atoms with Gasteiger partial charge in [-0.2, -0.15) is 0 Å². The second-order valence-corrected chi connectivity index (χ2v) is 0.542. The highest BCUT2D eigenvalue weighted by Gasteiger charge is 1.73. The van der Waals surface area contributed by atoms with Crippen molar-refractivity contribution in [2.75, 3.05) is 0 Å². The quantitative estimate of drug-likeness (QED) is 0.455. The van der Waals surface area contributed by atoms with Gasteiger partial charge < -0.3 is 5.11 Å². The highest BCUT2D eigenvalue weighted by molar-refractivity contribution is 5.78. The van der Waals surface area contributed by atoms with Crippen molar-refractivity contribution in [3.8, 4) is 0 Å². The molecule has 0 spiro atoms. The Bertz CT molecular complexity index is 59.8. The van der Waals surface area contributed by atoms with Gasteiger partial charge in [-0.05, 0) is 0 Å². The molecule has 0 saturated carbocycles. The second kappa shape index (κ2) is 1.52. The van der Waals surface area contributed by atoms with Crippen molar-refractivity contribution in [2.24, 2.45) is 0 Å². The minimum atomic E-state index is -0.981. The molecular weight excluding hydrogens is 68.0 g/mol. The van der Waals surface area contributed by atoms with E-state index in [-0.39, 0.29) is 1.43 Å². The normalized spacial score (nSPS) is 6.40. The molecule has 0 aliphatic carbocycles. The third-order valence-electron chi connectivity index (χ3n) is 0.175. The van der Waals surface area contributed by atoms with E-state index in [0.717, 1.165) is 6.08 Å². The lowest BCUT2D eigenvalue weighted by atomic mass is 10.7. The van der Waals surface area contributed by atoms with Crippen LogP contribution in [-0.4, -0.2) is 11.1 Å². The van der Waals surface area contributed by atoms with Gasteiger partial charge >= 0.3 is 7.40 Å². The van der Waals surface area contributed by atoms with Crippen LogP contribution in [0.25, 0.3) is 0 Å². The predicted molar refractivity (Wildman–Crippen MR) is 18.9 cm³/mol. The summed E-state index contributed by atoms with van der Waals surface area (Å²) >= 11 is 0. The summed E-state index contributed by atoms with van der Waals surface area (Å²) < 4.78 is 0. The minimum Gasteiger partial charge on any atom is -0.478 e. The average Bonchev–Trinajstić information content (AvgIpc) is 1.38. The summed E-state index contributed by atoms with van der Waals surface area (Å²) in [6, 6.07) is 0. The van der Waals surface area contributed by atoms with Crippen LogP contribution in [0.5, 0.6) is 0 Å². The van der Waals surface area contributed by atoms with Crippen molar-refractivity contribution >= 4 is 5.97 Å². The van der Waals surface area contributed by atoms with Crippen LogP contribution in [-0.2, 0) is 4.79 Å². The molecule has 2 nitrogen and oxygen atoms in total. The van der Waals surface area contributed by atoms with Crippen LogP contribution in [0.1, 0.15) is 1.43 Å². The predicted octanol–water partition coefficient (Wildman–Crippen LogP) is 0.369. The number of carbonyl (C=O) groups is 1. The average molecular weight is 73.1 g/mol. The molecule has 0 bridgehead atoms. The summed E-state index contributed by atoms with van der Waals surface area (Å²) in [7, 11) is 0. The van der Waals surface area contributed by atoms with E-state index in [2.05, 4.69) is 6.58 Å². The van der Waals surface area contributed by atoms with Crippen molar-refractivity contribution in [1.82, 2.24) is 0 Å². The molecule has 0 aromatic carbocycles. The Morgan fingerprint density at radius 2 is 2.40 bits per heavy atom. The van der Waals surface area contributed by atoms with Gasteiger partial charge in [-0.1, -0.05) is 6.58 Å². The van der Waals surface area contributed by atoms with Crippen molar-refractivity contribution in [1.29, 1.82) is 0 Å². The van der Waals surface area contributed by atoms with Crippen molar-refractivity contribution in [3.63, 3.8) is 0 Å². The van der Waals surface area contributed by atoms with E-state index >= 15 is 0 Å². The fraction of sp³-hybridized carbons (Fsp3) is 0. The monoisotopic (exact) mass is 73.0 g/mol. The number of aliphatic carboxylic acids is 1. The molecule has 0 aliphatic heterocycles. The number of hydrogen-bond acceptors (Lipinski definition) is 1. The Morgan fingerprint density at radius 1 is 2.20 bits per heavy atom. The molecule has 1 N–H and O–H groups in total. The minimum absolute atomic E-state index is 0. The maximum Gasteiger partial charge on any atom is 1.00 e. The smallest absolute Gasteiger partial charge is 0.478 e. The van der Waals surface area contributed by atoms with Crippen LogP contribution in [0.3, 0.4) is 0 Å². The van der Waals surface area contributed by atoms with Gasteiger partial charge in [-0.25, -0.2) is 4.79 Å². The van der Waals surface area contributed by atoms with Gasteiger partial charge in [0.25, 0.3) is 0 Å². The molecule has 0 atom stereocenters. The molecule has 0 amide bonds. The summed E-state index contributed by atoms with van der Waals surface area (Å²) in [6.07, 6.45) is 0.833. The van der Waals surface area contributed by atoms with E-state index in [4.69, 9.17) is 5.11 Å². The zero-order chi connectivity index (χ0) is 4.28. The molecular formula is C3H5O2+. The van der Waals surface area contributed by atoms with Crippen molar-refractivity contribution < 1.29 is 11.3 Å². The second-order valence-electron chi connectivity index (χ2n) is 0.542. The van der Waals surface area contributed by atoms with Crippen LogP contribution >= 0.6 is 0 Å². The maximum atomic E-state index is 9.25. The lowest BCUT2D eigenvalue weighted by molar-refractivity contribution is -0.131. The number of carboxylic acid groups (broad SMARTS) is 1. The van der Waals surface area contributed by atoms with E-state index in [1.165, 1.54) is 0 Å². The summed E-state index contributed by atoms with van der Waals surface area (Å²) in [5, 5.41) is 7.60. The molecule has 5 heavy (non-hydrogen) atoms. The largest absolute Gasteiger partial charge is 1.00 e. The molecule has 0 rings (SSSR count). The van der Waals surface area contributed by atoms with Gasteiger partial charge in [0.15, 0.2) is 0 Å².